The maximum atomic E-state index is 9.47. The number of fused-ring (bicyclic) bond motifs is 3. The maximum Gasteiger partial charge on any atom is 0.268 e. The van der Waals surface area contributed by atoms with E-state index in [2.05, 4.69) is 59.1 Å². The normalized spacial score (nSPS) is 11.5. The predicted octanol–water partition coefficient (Wildman–Crippen LogP) is 4.05. The summed E-state index contributed by atoms with van der Waals surface area (Å²) in [5.41, 5.74) is 6.55. The minimum atomic E-state index is 0.123. The van der Waals surface area contributed by atoms with Crippen molar-refractivity contribution in [2.24, 2.45) is 0 Å². The van der Waals surface area contributed by atoms with Crippen LogP contribution in [0.2, 0.25) is 0 Å². The second-order valence-corrected chi connectivity index (χ2v) is 7.61. The van der Waals surface area contributed by atoms with Gasteiger partial charge in [0.1, 0.15) is 0 Å². The fraction of sp³-hybridized carbons (Fsp3) is 0.0870. The fourth-order valence-corrected chi connectivity index (χ4v) is 4.52. The average Bonchev–Trinajstić information content (AvgIpc) is 3.28. The Bertz CT molecular complexity index is 1240. The molecule has 5 heteroatoms. The van der Waals surface area contributed by atoms with E-state index >= 15 is 0 Å². The lowest BCUT2D eigenvalue weighted by Gasteiger charge is -2.07. The Balaban J connectivity index is 1.94. The number of rotatable bonds is 5. The Kier molecular flexibility index (Phi) is 4.39. The van der Waals surface area contributed by atoms with Crippen molar-refractivity contribution < 1.29 is 9.74 Å². The van der Waals surface area contributed by atoms with Gasteiger partial charge in [-0.1, -0.05) is 96.7 Å². The summed E-state index contributed by atoms with van der Waals surface area (Å²) in [5, 5.41) is 15.4. The minimum Gasteiger partial charge on any atom is -0.396 e. The Hall–Kier alpha value is -3.02. The van der Waals surface area contributed by atoms with E-state index in [-0.39, 0.29) is 6.61 Å². The molecule has 5 rings (SSSR count). The van der Waals surface area contributed by atoms with E-state index < -0.39 is 0 Å². The SMILES string of the molecule is OCCSc1c(-c2ccccc2)c(-c2ccccc2)n2c3ccccc3[n-][n+]12. The highest BCUT2D eigenvalue weighted by Crippen LogP contribution is 2.39. The predicted molar refractivity (Wildman–Crippen MR) is 113 cm³/mol. The number of aliphatic hydroxyl groups is 1. The first kappa shape index (κ1) is 17.1. The first-order chi connectivity index (χ1) is 13.9. The molecule has 0 saturated carbocycles. The van der Waals surface area contributed by atoms with E-state index in [9.17, 15) is 5.11 Å². The van der Waals surface area contributed by atoms with Crippen molar-refractivity contribution >= 4 is 22.8 Å². The molecule has 0 aliphatic heterocycles. The molecule has 0 bridgehead atoms. The molecule has 0 unspecified atom stereocenters. The molecular formula is C23H19N3OS. The van der Waals surface area contributed by atoms with Crippen LogP contribution in [-0.4, -0.2) is 22.0 Å². The molecule has 0 saturated heterocycles. The van der Waals surface area contributed by atoms with Crippen molar-refractivity contribution in [1.29, 1.82) is 0 Å². The van der Waals surface area contributed by atoms with Crippen LogP contribution >= 0.6 is 11.8 Å². The molecule has 0 aliphatic carbocycles. The van der Waals surface area contributed by atoms with Crippen LogP contribution in [0.25, 0.3) is 33.4 Å². The molecule has 2 aromatic heterocycles. The van der Waals surface area contributed by atoms with Crippen molar-refractivity contribution in [3.8, 4) is 22.4 Å². The second-order valence-electron chi connectivity index (χ2n) is 6.52. The van der Waals surface area contributed by atoms with Crippen LogP contribution in [0, 0.1) is 0 Å². The largest absolute Gasteiger partial charge is 0.396 e. The number of benzene rings is 3. The molecule has 138 valence electrons. The van der Waals surface area contributed by atoms with Gasteiger partial charge in [-0.15, -0.1) is 4.63 Å². The van der Waals surface area contributed by atoms with E-state index in [1.54, 1.807) is 11.8 Å². The van der Waals surface area contributed by atoms with Gasteiger partial charge in [0, 0.05) is 22.5 Å². The Labute approximate surface area is 167 Å². The van der Waals surface area contributed by atoms with Crippen molar-refractivity contribution in [1.82, 2.24) is 9.61 Å². The van der Waals surface area contributed by atoms with Crippen molar-refractivity contribution in [2.75, 3.05) is 12.4 Å². The summed E-state index contributed by atoms with van der Waals surface area (Å²) in [6.45, 7) is 0.123. The van der Waals surface area contributed by atoms with Gasteiger partial charge >= 0.3 is 0 Å². The average molecular weight is 385 g/mol. The van der Waals surface area contributed by atoms with Gasteiger partial charge in [-0.25, -0.2) is 4.52 Å². The number of para-hydroxylation sites is 1. The number of aromatic nitrogens is 3. The molecule has 5 aromatic rings. The minimum absolute atomic E-state index is 0.123. The Morgan fingerprint density at radius 1 is 0.821 bits per heavy atom. The van der Waals surface area contributed by atoms with Gasteiger partial charge in [-0.05, 0) is 11.1 Å². The molecule has 3 aromatic carbocycles. The number of hydrogen-bond acceptors (Lipinski definition) is 2. The molecule has 4 nitrogen and oxygen atoms in total. The first-order valence-electron chi connectivity index (χ1n) is 9.25. The third-order valence-corrected chi connectivity index (χ3v) is 5.81. The van der Waals surface area contributed by atoms with Crippen LogP contribution in [0.15, 0.2) is 90.0 Å². The highest BCUT2D eigenvalue weighted by molar-refractivity contribution is 7.99. The van der Waals surface area contributed by atoms with Crippen molar-refractivity contribution in [3.63, 3.8) is 0 Å². The summed E-state index contributed by atoms with van der Waals surface area (Å²) in [6, 6.07) is 29.0. The third-order valence-electron chi connectivity index (χ3n) is 4.79. The Morgan fingerprint density at radius 3 is 2.18 bits per heavy atom. The fourth-order valence-electron chi connectivity index (χ4n) is 3.64. The highest BCUT2D eigenvalue weighted by Gasteiger charge is 2.26. The van der Waals surface area contributed by atoms with Gasteiger partial charge in [-0.3, -0.25) is 0 Å². The van der Waals surface area contributed by atoms with Gasteiger partial charge in [-0.2, -0.15) is 5.10 Å². The zero-order chi connectivity index (χ0) is 18.9. The van der Waals surface area contributed by atoms with Crippen LogP contribution in [0.5, 0.6) is 0 Å². The van der Waals surface area contributed by atoms with Crippen molar-refractivity contribution in [3.05, 3.63) is 84.9 Å². The molecule has 0 amide bonds. The van der Waals surface area contributed by atoms with Crippen LogP contribution in [0.4, 0.5) is 0 Å². The van der Waals surface area contributed by atoms with E-state index in [0.29, 0.717) is 5.75 Å². The summed E-state index contributed by atoms with van der Waals surface area (Å²) >= 11 is 1.63. The van der Waals surface area contributed by atoms with Gasteiger partial charge in [0.05, 0.1) is 12.2 Å². The van der Waals surface area contributed by atoms with E-state index in [4.69, 9.17) is 5.10 Å². The molecule has 28 heavy (non-hydrogen) atoms. The lowest BCUT2D eigenvalue weighted by Crippen LogP contribution is -2.32. The summed E-state index contributed by atoms with van der Waals surface area (Å²) in [5.74, 6) is 0.615. The second kappa shape index (κ2) is 7.19. The molecule has 2 heterocycles. The third kappa shape index (κ3) is 2.71. The van der Waals surface area contributed by atoms with Crippen LogP contribution in [0.1, 0.15) is 0 Å². The zero-order valence-corrected chi connectivity index (χ0v) is 16.0. The van der Waals surface area contributed by atoms with Crippen molar-refractivity contribution in [2.45, 2.75) is 5.03 Å². The van der Waals surface area contributed by atoms with Gasteiger partial charge < -0.3 is 5.11 Å². The van der Waals surface area contributed by atoms with Gasteiger partial charge in [0.25, 0.3) is 5.03 Å². The molecule has 0 fully saturated rings. The molecule has 0 spiro atoms. The zero-order valence-electron chi connectivity index (χ0n) is 15.2. The van der Waals surface area contributed by atoms with E-state index in [1.807, 2.05) is 35.0 Å². The van der Waals surface area contributed by atoms with Crippen LogP contribution in [-0.2, 0) is 0 Å². The summed E-state index contributed by atoms with van der Waals surface area (Å²) in [4.78, 5) is 0. The summed E-state index contributed by atoms with van der Waals surface area (Å²) in [7, 11) is 0. The standard InChI is InChI=1S/C23H19N3OS/c27-15-16-28-23-21(17-9-3-1-4-10-17)22(18-11-5-2-6-12-18)25-20-14-8-7-13-19(20)24-26(23)25/h1-14,27H,15-16H2. The summed E-state index contributed by atoms with van der Waals surface area (Å²) < 4.78 is 4.17. The molecule has 1 N–H and O–H groups in total. The molecule has 0 aliphatic rings. The van der Waals surface area contributed by atoms with Crippen LogP contribution < -0.4 is 9.73 Å². The monoisotopic (exact) mass is 385 g/mol. The maximum absolute atomic E-state index is 9.47. The molecular weight excluding hydrogens is 366 g/mol. The van der Waals surface area contributed by atoms with Gasteiger partial charge in [0.2, 0.25) is 0 Å². The number of thioether (sulfide) groups is 1. The first-order valence-corrected chi connectivity index (χ1v) is 10.2. The number of hydrogen-bond donors (Lipinski definition) is 1. The lowest BCUT2D eigenvalue weighted by atomic mass is 10.0. The topological polar surface area (TPSA) is 42.8 Å². The molecule has 0 atom stereocenters. The highest BCUT2D eigenvalue weighted by atomic mass is 32.2. The number of nitrogens with zero attached hydrogens (tertiary/aromatic N) is 3. The lowest BCUT2D eigenvalue weighted by molar-refractivity contribution is -0.708. The smallest absolute Gasteiger partial charge is 0.268 e. The quantitative estimate of drug-likeness (QED) is 0.367. The van der Waals surface area contributed by atoms with E-state index in [1.165, 1.54) is 0 Å². The van der Waals surface area contributed by atoms with E-state index in [0.717, 1.165) is 38.4 Å². The molecule has 0 radical (unpaired) electrons. The van der Waals surface area contributed by atoms with Crippen LogP contribution in [0.3, 0.4) is 0 Å². The Morgan fingerprint density at radius 2 is 1.46 bits per heavy atom. The number of aliphatic hydroxyl groups excluding tert-OH is 1. The summed E-state index contributed by atoms with van der Waals surface area (Å²) in [6.07, 6.45) is 0. The van der Waals surface area contributed by atoms with Gasteiger partial charge in [0.15, 0.2) is 0 Å².